The van der Waals surface area contributed by atoms with E-state index in [2.05, 4.69) is 12.2 Å². The Labute approximate surface area is 119 Å². The van der Waals surface area contributed by atoms with Crippen LogP contribution in [0.3, 0.4) is 0 Å². The fraction of sp³-hybridized carbons (Fsp3) is 0.571. The Morgan fingerprint density at radius 2 is 1.95 bits per heavy atom. The number of aromatic amines is 1. The first-order valence-electron chi connectivity index (χ1n) is 7.00. The number of aliphatic hydroxyl groups excluding tert-OH is 1. The highest BCUT2D eigenvalue weighted by atomic mass is 19.1. The van der Waals surface area contributed by atoms with Crippen molar-refractivity contribution in [2.75, 3.05) is 6.61 Å². The molecule has 3 rings (SSSR count). The van der Waals surface area contributed by atoms with Crippen LogP contribution >= 0.6 is 0 Å². The minimum Gasteiger partial charge on any atom is -0.394 e. The summed E-state index contributed by atoms with van der Waals surface area (Å²) in [6, 6.07) is 0. The van der Waals surface area contributed by atoms with Gasteiger partial charge in [-0.2, -0.15) is 4.39 Å². The number of fused-ring (bicyclic) bond motifs is 1. The predicted molar refractivity (Wildman–Crippen MR) is 72.4 cm³/mol. The van der Waals surface area contributed by atoms with Gasteiger partial charge < -0.3 is 9.84 Å². The number of ether oxygens (including phenoxy) is 1. The molecule has 0 amide bonds. The molecule has 4 atom stereocenters. The highest BCUT2D eigenvalue weighted by Crippen LogP contribution is 2.40. The Morgan fingerprint density at radius 3 is 2.62 bits per heavy atom. The van der Waals surface area contributed by atoms with Crippen molar-refractivity contribution in [3.05, 3.63) is 45.0 Å². The molecule has 21 heavy (non-hydrogen) atoms. The summed E-state index contributed by atoms with van der Waals surface area (Å²) in [5.74, 6) is -0.589. The predicted octanol–water partition coefficient (Wildman–Crippen LogP) is 0.0178. The number of aliphatic hydroxyl groups is 1. The maximum Gasteiger partial charge on any atom is 0.328 e. The van der Waals surface area contributed by atoms with Crippen molar-refractivity contribution in [3.8, 4) is 0 Å². The average molecular weight is 296 g/mol. The van der Waals surface area contributed by atoms with Crippen molar-refractivity contribution in [1.82, 2.24) is 9.55 Å². The second kappa shape index (κ2) is 5.57. The topological polar surface area (TPSA) is 84.3 Å². The molecule has 0 spiro atoms. The van der Waals surface area contributed by atoms with Crippen LogP contribution in [0.15, 0.2) is 27.9 Å². The standard InChI is InChI=1S/C14H17FN2O4/c15-10-5-17(14(20)16-13(10)19)6-11-8-3-1-2-4-9(8)12(7-18)21-11/h1-2,5,8-9,11-12,18H,3-4,6-7H2,(H,16,19,20)/t8-,9+,11+,12-/m1/s1. The van der Waals surface area contributed by atoms with E-state index in [0.29, 0.717) is 0 Å². The van der Waals surface area contributed by atoms with E-state index in [1.165, 1.54) is 0 Å². The van der Waals surface area contributed by atoms with Gasteiger partial charge in [0.1, 0.15) is 0 Å². The van der Waals surface area contributed by atoms with E-state index in [0.717, 1.165) is 23.6 Å². The van der Waals surface area contributed by atoms with Gasteiger partial charge in [-0.05, 0) is 24.7 Å². The minimum atomic E-state index is -1.02. The Morgan fingerprint density at radius 1 is 1.29 bits per heavy atom. The zero-order chi connectivity index (χ0) is 15.0. The summed E-state index contributed by atoms with van der Waals surface area (Å²) < 4.78 is 20.3. The third-order valence-electron chi connectivity index (χ3n) is 4.36. The van der Waals surface area contributed by atoms with Crippen molar-refractivity contribution in [2.45, 2.75) is 31.6 Å². The molecule has 0 bridgehead atoms. The van der Waals surface area contributed by atoms with Gasteiger partial charge >= 0.3 is 5.69 Å². The summed E-state index contributed by atoms with van der Waals surface area (Å²) >= 11 is 0. The second-order valence-electron chi connectivity index (χ2n) is 5.55. The smallest absolute Gasteiger partial charge is 0.328 e. The SMILES string of the molecule is O=c1[nH]c(=O)n(C[C@@H]2O[C@H](CO)[C@H]3CC=CC[C@H]32)cc1F. The molecule has 1 fully saturated rings. The molecule has 1 aliphatic heterocycles. The molecule has 0 radical (unpaired) electrons. The van der Waals surface area contributed by atoms with Crippen LogP contribution in [0.5, 0.6) is 0 Å². The number of halogens is 1. The summed E-state index contributed by atoms with van der Waals surface area (Å²) in [4.78, 5) is 24.7. The summed E-state index contributed by atoms with van der Waals surface area (Å²) in [6.45, 7) is 0.0957. The number of nitrogens with one attached hydrogen (secondary N) is 1. The van der Waals surface area contributed by atoms with E-state index in [1.54, 1.807) is 0 Å². The third-order valence-corrected chi connectivity index (χ3v) is 4.36. The molecule has 1 saturated heterocycles. The molecular weight excluding hydrogens is 279 g/mol. The number of H-pyrrole nitrogens is 1. The van der Waals surface area contributed by atoms with Crippen molar-refractivity contribution in [3.63, 3.8) is 0 Å². The number of aromatic nitrogens is 2. The van der Waals surface area contributed by atoms with E-state index in [4.69, 9.17) is 4.74 Å². The lowest BCUT2D eigenvalue weighted by atomic mass is 9.79. The molecule has 2 heterocycles. The van der Waals surface area contributed by atoms with Crippen LogP contribution in [0.1, 0.15) is 12.8 Å². The quantitative estimate of drug-likeness (QED) is 0.770. The van der Waals surface area contributed by atoms with Crippen molar-refractivity contribution in [2.24, 2.45) is 11.8 Å². The van der Waals surface area contributed by atoms with Crippen LogP contribution in [0, 0.1) is 17.7 Å². The van der Waals surface area contributed by atoms with E-state index < -0.39 is 17.1 Å². The van der Waals surface area contributed by atoms with Crippen molar-refractivity contribution < 1.29 is 14.2 Å². The van der Waals surface area contributed by atoms with Crippen LogP contribution < -0.4 is 11.2 Å². The highest BCUT2D eigenvalue weighted by Gasteiger charge is 2.43. The maximum atomic E-state index is 13.3. The average Bonchev–Trinajstić information content (AvgIpc) is 2.83. The van der Waals surface area contributed by atoms with Crippen LogP contribution in [-0.4, -0.2) is 33.5 Å². The molecule has 2 aliphatic rings. The molecular formula is C14H17FN2O4. The number of hydrogen-bond donors (Lipinski definition) is 2. The molecule has 1 aromatic heterocycles. The lowest BCUT2D eigenvalue weighted by Gasteiger charge is -2.25. The lowest BCUT2D eigenvalue weighted by Crippen LogP contribution is -2.36. The monoisotopic (exact) mass is 296 g/mol. The van der Waals surface area contributed by atoms with Gasteiger partial charge in [0.2, 0.25) is 5.82 Å². The van der Waals surface area contributed by atoms with Gasteiger partial charge in [0.25, 0.3) is 5.56 Å². The fourth-order valence-electron chi connectivity index (χ4n) is 3.31. The van der Waals surface area contributed by atoms with E-state index in [9.17, 15) is 19.1 Å². The lowest BCUT2D eigenvalue weighted by molar-refractivity contribution is -0.00961. The number of nitrogens with zero attached hydrogens (tertiary/aromatic N) is 1. The molecule has 0 aromatic carbocycles. The molecule has 6 nitrogen and oxygen atoms in total. The third kappa shape index (κ3) is 2.58. The van der Waals surface area contributed by atoms with Crippen LogP contribution in [0.2, 0.25) is 0 Å². The van der Waals surface area contributed by atoms with E-state index in [1.807, 2.05) is 4.98 Å². The largest absolute Gasteiger partial charge is 0.394 e. The van der Waals surface area contributed by atoms with Crippen LogP contribution in [-0.2, 0) is 11.3 Å². The first-order chi connectivity index (χ1) is 10.1. The summed E-state index contributed by atoms with van der Waals surface area (Å²) in [5.41, 5.74) is -1.67. The van der Waals surface area contributed by atoms with E-state index >= 15 is 0 Å². The van der Waals surface area contributed by atoms with E-state index in [-0.39, 0.29) is 37.2 Å². The van der Waals surface area contributed by atoms with Crippen molar-refractivity contribution in [1.29, 1.82) is 0 Å². The molecule has 2 N–H and O–H groups in total. The van der Waals surface area contributed by atoms with Gasteiger partial charge in [-0.15, -0.1) is 0 Å². The number of allylic oxidation sites excluding steroid dienone is 2. The number of hydrogen-bond acceptors (Lipinski definition) is 4. The van der Waals surface area contributed by atoms with Gasteiger partial charge in [-0.3, -0.25) is 14.3 Å². The first-order valence-corrected chi connectivity index (χ1v) is 7.00. The van der Waals surface area contributed by atoms with Crippen LogP contribution in [0.4, 0.5) is 4.39 Å². The van der Waals surface area contributed by atoms with Gasteiger partial charge in [-0.25, -0.2) is 4.79 Å². The van der Waals surface area contributed by atoms with Gasteiger partial charge in [0.05, 0.1) is 31.6 Å². The highest BCUT2D eigenvalue weighted by molar-refractivity contribution is 5.03. The first kappa shape index (κ1) is 14.2. The fourth-order valence-corrected chi connectivity index (χ4v) is 3.31. The Kier molecular flexibility index (Phi) is 3.77. The molecule has 114 valence electrons. The Hall–Kier alpha value is -1.73. The summed E-state index contributed by atoms with van der Waals surface area (Å²) in [5, 5.41) is 9.40. The normalized spacial score (nSPS) is 31.3. The zero-order valence-corrected chi connectivity index (χ0v) is 11.4. The van der Waals surface area contributed by atoms with Gasteiger partial charge in [0, 0.05) is 0 Å². The molecule has 0 saturated carbocycles. The zero-order valence-electron chi connectivity index (χ0n) is 11.4. The van der Waals surface area contributed by atoms with Crippen LogP contribution in [0.25, 0.3) is 0 Å². The van der Waals surface area contributed by atoms with Gasteiger partial charge in [0.15, 0.2) is 0 Å². The maximum absolute atomic E-state index is 13.3. The molecule has 1 aliphatic carbocycles. The number of rotatable bonds is 3. The second-order valence-corrected chi connectivity index (χ2v) is 5.55. The Balaban J connectivity index is 1.85. The molecule has 7 heteroatoms. The van der Waals surface area contributed by atoms with Gasteiger partial charge in [-0.1, -0.05) is 12.2 Å². The Bertz CT molecular complexity index is 666. The summed E-state index contributed by atoms with van der Waals surface area (Å²) in [7, 11) is 0. The minimum absolute atomic E-state index is 0.0691. The molecule has 0 unspecified atom stereocenters. The molecule has 1 aromatic rings. The van der Waals surface area contributed by atoms with Crippen molar-refractivity contribution >= 4 is 0 Å². The summed E-state index contributed by atoms with van der Waals surface area (Å²) in [6.07, 6.45) is 6.15.